The zero-order valence-electron chi connectivity index (χ0n) is 8.02. The summed E-state index contributed by atoms with van der Waals surface area (Å²) in [6.45, 7) is 3.61. The Morgan fingerprint density at radius 3 is 2.79 bits per heavy atom. The first-order chi connectivity index (χ1) is 6.59. The zero-order valence-corrected chi connectivity index (χ0v) is 9.60. The topological polar surface area (TPSA) is 32.9 Å². The van der Waals surface area contributed by atoms with Crippen LogP contribution in [0.5, 0.6) is 0 Å². The lowest BCUT2D eigenvalue weighted by Crippen LogP contribution is -1.88. The highest BCUT2D eigenvalue weighted by Gasteiger charge is 2.08. The minimum Gasteiger partial charge on any atom is -0.360 e. The van der Waals surface area contributed by atoms with Crippen LogP contribution in [-0.4, -0.2) is 10.8 Å². The molecule has 0 spiro atoms. The van der Waals surface area contributed by atoms with Crippen LogP contribution in [-0.2, 0) is 0 Å². The number of Topliss-reactive ketones (excluding diaryl/α,β-unsaturated/α-hetero) is 1. The molecule has 0 amide bonds. The van der Waals surface area contributed by atoms with Crippen LogP contribution in [0.2, 0.25) is 0 Å². The van der Waals surface area contributed by atoms with Crippen molar-refractivity contribution in [1.29, 1.82) is 0 Å². The Balaban J connectivity index is 2.80. The number of aryl methyl sites for hydroxylation is 1. The number of aromatic amines is 1. The third-order valence-corrected chi connectivity index (χ3v) is 3.19. The fourth-order valence-electron chi connectivity index (χ4n) is 1.54. The Hall–Kier alpha value is -1.09. The molecule has 0 bridgehead atoms. The van der Waals surface area contributed by atoms with Crippen molar-refractivity contribution in [3.8, 4) is 0 Å². The largest absolute Gasteiger partial charge is 0.360 e. The van der Waals surface area contributed by atoms with Crippen LogP contribution in [0.1, 0.15) is 22.8 Å². The summed E-state index contributed by atoms with van der Waals surface area (Å²) in [5.41, 5.74) is 2.92. The Morgan fingerprint density at radius 1 is 1.43 bits per heavy atom. The highest BCUT2D eigenvalue weighted by Crippen LogP contribution is 2.26. The van der Waals surface area contributed by atoms with Gasteiger partial charge in [-0.15, -0.1) is 0 Å². The summed E-state index contributed by atoms with van der Waals surface area (Å²) in [4.78, 5) is 14.4. The second-order valence-corrected chi connectivity index (χ2v) is 4.26. The van der Waals surface area contributed by atoms with E-state index in [1.165, 1.54) is 0 Å². The summed E-state index contributed by atoms with van der Waals surface area (Å²) in [5.74, 6) is 0.0898. The molecule has 2 rings (SSSR count). The maximum atomic E-state index is 11.3. The fraction of sp³-hybridized carbons (Fsp3) is 0.182. The van der Waals surface area contributed by atoms with Crippen molar-refractivity contribution in [1.82, 2.24) is 4.98 Å². The number of rotatable bonds is 1. The van der Waals surface area contributed by atoms with Gasteiger partial charge in [-0.2, -0.15) is 0 Å². The van der Waals surface area contributed by atoms with Crippen LogP contribution in [0, 0.1) is 6.92 Å². The van der Waals surface area contributed by atoms with Gasteiger partial charge in [-0.1, -0.05) is 15.9 Å². The van der Waals surface area contributed by atoms with Crippen molar-refractivity contribution in [3.63, 3.8) is 0 Å². The quantitative estimate of drug-likeness (QED) is 0.775. The second-order valence-electron chi connectivity index (χ2n) is 3.41. The van der Waals surface area contributed by atoms with Crippen molar-refractivity contribution in [2.45, 2.75) is 13.8 Å². The number of fused-ring (bicyclic) bond motifs is 1. The first kappa shape index (κ1) is 9.46. The molecule has 0 saturated heterocycles. The summed E-state index contributed by atoms with van der Waals surface area (Å²) < 4.78 is 1.03. The SMILES string of the molecule is CC(=O)c1c[nH]c2cc(C)c(Br)cc12. The van der Waals surface area contributed by atoms with Gasteiger partial charge in [0.2, 0.25) is 0 Å². The lowest BCUT2D eigenvalue weighted by Gasteiger charge is -1.99. The van der Waals surface area contributed by atoms with Crippen molar-refractivity contribution < 1.29 is 4.79 Å². The lowest BCUT2D eigenvalue weighted by molar-refractivity contribution is 0.101. The van der Waals surface area contributed by atoms with E-state index in [9.17, 15) is 4.79 Å². The number of hydrogen-bond donors (Lipinski definition) is 1. The third-order valence-electron chi connectivity index (χ3n) is 2.34. The lowest BCUT2D eigenvalue weighted by atomic mass is 10.1. The minimum atomic E-state index is 0.0898. The van der Waals surface area contributed by atoms with Crippen molar-refractivity contribution in [2.75, 3.05) is 0 Å². The van der Waals surface area contributed by atoms with Gasteiger partial charge in [0.25, 0.3) is 0 Å². The molecule has 0 atom stereocenters. The van der Waals surface area contributed by atoms with Gasteiger partial charge in [0.05, 0.1) is 0 Å². The summed E-state index contributed by atoms with van der Waals surface area (Å²) in [7, 11) is 0. The second kappa shape index (κ2) is 3.24. The van der Waals surface area contributed by atoms with E-state index in [1.54, 1.807) is 13.1 Å². The molecule has 3 heteroatoms. The normalized spacial score (nSPS) is 10.8. The zero-order chi connectivity index (χ0) is 10.3. The van der Waals surface area contributed by atoms with E-state index < -0.39 is 0 Å². The van der Waals surface area contributed by atoms with Crippen LogP contribution >= 0.6 is 15.9 Å². The summed E-state index contributed by atoms with van der Waals surface area (Å²) >= 11 is 3.46. The standard InChI is InChI=1S/C11H10BrNO/c1-6-3-11-8(4-10(6)12)9(5-13-11)7(2)14/h3-5,13H,1-2H3. The summed E-state index contributed by atoms with van der Waals surface area (Å²) in [6.07, 6.45) is 1.76. The van der Waals surface area contributed by atoms with Crippen LogP contribution in [0.4, 0.5) is 0 Å². The molecular weight excluding hydrogens is 242 g/mol. The van der Waals surface area contributed by atoms with Crippen LogP contribution in [0.25, 0.3) is 10.9 Å². The summed E-state index contributed by atoms with van der Waals surface area (Å²) in [5, 5.41) is 0.981. The van der Waals surface area contributed by atoms with Gasteiger partial charge in [-0.3, -0.25) is 4.79 Å². The van der Waals surface area contributed by atoms with E-state index >= 15 is 0 Å². The first-order valence-electron chi connectivity index (χ1n) is 4.38. The average molecular weight is 252 g/mol. The number of aromatic nitrogens is 1. The van der Waals surface area contributed by atoms with Gasteiger partial charge in [0.15, 0.2) is 5.78 Å². The number of benzene rings is 1. The van der Waals surface area contributed by atoms with Gasteiger partial charge in [-0.25, -0.2) is 0 Å². The molecule has 0 fully saturated rings. The monoisotopic (exact) mass is 251 g/mol. The fourth-order valence-corrected chi connectivity index (χ4v) is 1.89. The molecule has 1 aromatic carbocycles. The van der Waals surface area contributed by atoms with Gasteiger partial charge >= 0.3 is 0 Å². The molecule has 0 unspecified atom stereocenters. The van der Waals surface area contributed by atoms with Gasteiger partial charge in [0.1, 0.15) is 0 Å². The van der Waals surface area contributed by atoms with E-state index in [2.05, 4.69) is 20.9 Å². The van der Waals surface area contributed by atoms with Crippen LogP contribution in [0.3, 0.4) is 0 Å². The van der Waals surface area contributed by atoms with E-state index in [-0.39, 0.29) is 5.78 Å². The molecule has 1 N–H and O–H groups in total. The van der Waals surface area contributed by atoms with Gasteiger partial charge < -0.3 is 4.98 Å². The first-order valence-corrected chi connectivity index (χ1v) is 5.17. The van der Waals surface area contributed by atoms with Crippen LogP contribution in [0.15, 0.2) is 22.8 Å². The number of ketones is 1. The maximum Gasteiger partial charge on any atom is 0.161 e. The van der Waals surface area contributed by atoms with Crippen molar-refractivity contribution in [3.05, 3.63) is 33.9 Å². The molecule has 2 aromatic rings. The molecule has 0 saturated carbocycles. The number of nitrogens with one attached hydrogen (secondary N) is 1. The molecule has 14 heavy (non-hydrogen) atoms. The smallest absolute Gasteiger partial charge is 0.161 e. The molecule has 0 radical (unpaired) electrons. The van der Waals surface area contributed by atoms with E-state index in [0.29, 0.717) is 0 Å². The highest BCUT2D eigenvalue weighted by molar-refractivity contribution is 9.10. The minimum absolute atomic E-state index is 0.0898. The predicted molar refractivity (Wildman–Crippen MR) is 60.7 cm³/mol. The Bertz CT molecular complexity index is 513. The van der Waals surface area contributed by atoms with E-state index in [1.807, 2.05) is 19.1 Å². The Morgan fingerprint density at radius 2 is 2.14 bits per heavy atom. The molecule has 72 valence electrons. The Kier molecular flexibility index (Phi) is 2.19. The number of carbonyl (C=O) groups excluding carboxylic acids is 1. The van der Waals surface area contributed by atoms with Gasteiger partial charge in [-0.05, 0) is 31.5 Å². The predicted octanol–water partition coefficient (Wildman–Crippen LogP) is 3.44. The number of hydrogen-bond acceptors (Lipinski definition) is 1. The van der Waals surface area contributed by atoms with E-state index in [4.69, 9.17) is 0 Å². The molecule has 2 nitrogen and oxygen atoms in total. The van der Waals surface area contributed by atoms with E-state index in [0.717, 1.165) is 26.5 Å². The number of carbonyl (C=O) groups is 1. The molecular formula is C11H10BrNO. The molecule has 1 heterocycles. The highest BCUT2D eigenvalue weighted by atomic mass is 79.9. The van der Waals surface area contributed by atoms with Gasteiger partial charge in [0, 0.05) is 27.1 Å². The average Bonchev–Trinajstić information content (AvgIpc) is 2.48. The number of halogens is 1. The molecule has 0 aliphatic heterocycles. The van der Waals surface area contributed by atoms with Crippen molar-refractivity contribution >= 4 is 32.6 Å². The maximum absolute atomic E-state index is 11.3. The third kappa shape index (κ3) is 1.38. The Labute approximate surface area is 90.4 Å². The molecule has 0 aliphatic rings. The molecule has 1 aromatic heterocycles. The molecule has 0 aliphatic carbocycles. The number of H-pyrrole nitrogens is 1. The van der Waals surface area contributed by atoms with Crippen molar-refractivity contribution in [2.24, 2.45) is 0 Å². The van der Waals surface area contributed by atoms with Crippen LogP contribution < -0.4 is 0 Å². The summed E-state index contributed by atoms with van der Waals surface area (Å²) in [6, 6.07) is 4.02.